The molecule has 18 heavy (non-hydrogen) atoms. The monoisotopic (exact) mass is 341 g/mol. The maximum absolute atomic E-state index is 2.29. The predicted molar refractivity (Wildman–Crippen MR) is 72.4 cm³/mol. The fraction of sp³-hybridized carbons (Fsp3) is 0.429. The average Bonchev–Trinajstić information content (AvgIpc) is 2.99. The summed E-state index contributed by atoms with van der Waals surface area (Å²) in [6.07, 6.45) is 17.0. The van der Waals surface area contributed by atoms with Crippen LogP contribution in [0, 0.1) is 0 Å². The van der Waals surface area contributed by atoms with Gasteiger partial charge in [0.15, 0.2) is 0 Å². The van der Waals surface area contributed by atoms with Crippen LogP contribution in [0.4, 0.5) is 0 Å². The van der Waals surface area contributed by atoms with E-state index in [9.17, 15) is 0 Å². The quantitative estimate of drug-likeness (QED) is 0.564. The third-order valence-corrected chi connectivity index (χ3v) is 4.90. The van der Waals surface area contributed by atoms with Crippen LogP contribution in [0.25, 0.3) is 0 Å². The van der Waals surface area contributed by atoms with Crippen LogP contribution in [0.15, 0.2) is 45.5 Å². The van der Waals surface area contributed by atoms with E-state index in [0.717, 1.165) is 0 Å². The molecular weight excluding hydrogens is 322 g/mol. The second kappa shape index (κ2) is 15.5. The fourth-order valence-electron chi connectivity index (χ4n) is 1.34. The Labute approximate surface area is 135 Å². The van der Waals surface area contributed by atoms with Crippen molar-refractivity contribution in [2.75, 3.05) is 11.5 Å². The molecule has 2 aliphatic rings. The van der Waals surface area contributed by atoms with Gasteiger partial charge in [0.2, 0.25) is 0 Å². The van der Waals surface area contributed by atoms with Crippen LogP contribution < -0.4 is 24.8 Å². The molecule has 101 valence electrons. The van der Waals surface area contributed by atoms with Crippen LogP contribution in [0.1, 0.15) is 26.2 Å². The molecule has 1 fully saturated rings. The van der Waals surface area contributed by atoms with Gasteiger partial charge in [-0.25, -0.2) is 0 Å². The Hall–Kier alpha value is 0.474. The molecule has 0 N–H and O–H groups in total. The van der Waals surface area contributed by atoms with E-state index in [0.29, 0.717) is 16.3 Å². The predicted octanol–water partition coefficient (Wildman–Crippen LogP) is -1.48. The van der Waals surface area contributed by atoms with Crippen molar-refractivity contribution in [1.82, 2.24) is 0 Å². The van der Waals surface area contributed by atoms with Gasteiger partial charge in [-0.1, -0.05) is 0 Å². The van der Waals surface area contributed by atoms with Crippen LogP contribution in [-0.2, 0) is 16.3 Å². The Morgan fingerprint density at radius 3 is 2.33 bits per heavy atom. The first-order valence-electron chi connectivity index (χ1n) is 5.85. The summed E-state index contributed by atoms with van der Waals surface area (Å²) in [4.78, 5) is 2.29. The molecule has 0 nitrogen and oxygen atoms in total. The summed E-state index contributed by atoms with van der Waals surface area (Å²) in [5.41, 5.74) is 0. The van der Waals surface area contributed by atoms with Crippen LogP contribution in [0.2, 0.25) is 0 Å². The van der Waals surface area contributed by atoms with Crippen molar-refractivity contribution in [3.63, 3.8) is 0 Å². The maximum Gasteiger partial charge on any atom is -1.00 e. The maximum atomic E-state index is 2.29. The Bertz CT molecular complexity index is 285. The SMILES string of the molecule is C1CCSC1.CC=CC=[CH][V+2][C]1=CC=CC1.[Cl-].[Cl-]. The summed E-state index contributed by atoms with van der Waals surface area (Å²) in [6, 6.07) is 0. The summed E-state index contributed by atoms with van der Waals surface area (Å²) in [7, 11) is 0. The Morgan fingerprint density at radius 2 is 1.89 bits per heavy atom. The van der Waals surface area contributed by atoms with E-state index in [1.165, 1.54) is 30.8 Å². The van der Waals surface area contributed by atoms with Crippen molar-refractivity contribution in [3.05, 3.63) is 45.5 Å². The summed E-state index contributed by atoms with van der Waals surface area (Å²) < 4.78 is 1.60. The standard InChI is InChI=1S/C5H5.C5H7.C4H8S.2ClH.V/c1-2-4-5-3-1;1-3-5-4-2;1-2-4-5-3-1;;;/h1-3H,4H2;1,3-5H,2H3;1-4H2;2*1H;/q;;;;;+2/p-2. The largest absolute Gasteiger partial charge is 1.00 e. The van der Waals surface area contributed by atoms with Gasteiger partial charge in [0.25, 0.3) is 0 Å². The van der Waals surface area contributed by atoms with E-state index in [1.807, 2.05) is 6.92 Å². The molecule has 0 aromatic heterocycles. The molecule has 0 aromatic rings. The van der Waals surface area contributed by atoms with Gasteiger partial charge >= 0.3 is 75.2 Å². The summed E-state index contributed by atoms with van der Waals surface area (Å²) in [5.74, 6) is 2.83. The van der Waals surface area contributed by atoms with E-state index < -0.39 is 0 Å². The third kappa shape index (κ3) is 11.6. The summed E-state index contributed by atoms with van der Waals surface area (Å²) >= 11 is 2.39. The van der Waals surface area contributed by atoms with E-state index in [4.69, 9.17) is 0 Å². The number of rotatable bonds is 3. The van der Waals surface area contributed by atoms with Gasteiger partial charge in [-0.05, 0) is 24.3 Å². The molecule has 0 atom stereocenters. The molecule has 1 aliphatic heterocycles. The minimum Gasteiger partial charge on any atom is -1.00 e. The van der Waals surface area contributed by atoms with Crippen molar-refractivity contribution < 1.29 is 41.1 Å². The molecule has 4 heteroatoms. The second-order valence-corrected chi connectivity index (χ2v) is 6.60. The van der Waals surface area contributed by atoms with Gasteiger partial charge in [-0.2, -0.15) is 11.8 Å². The van der Waals surface area contributed by atoms with Gasteiger partial charge in [0.05, 0.1) is 0 Å². The molecule has 0 bridgehead atoms. The zero-order valence-corrected chi connectivity index (χ0v) is 14.4. The minimum absolute atomic E-state index is 0. The van der Waals surface area contributed by atoms with Crippen molar-refractivity contribution in [3.8, 4) is 0 Å². The smallest absolute Gasteiger partial charge is 1.00 e. The van der Waals surface area contributed by atoms with Crippen molar-refractivity contribution in [2.45, 2.75) is 26.2 Å². The fourth-order valence-corrected chi connectivity index (χ4v) is 3.55. The van der Waals surface area contributed by atoms with E-state index in [1.54, 1.807) is 4.28 Å². The van der Waals surface area contributed by atoms with Crippen LogP contribution in [-0.4, -0.2) is 11.5 Å². The number of thioether (sulfide) groups is 1. The second-order valence-electron chi connectivity index (χ2n) is 3.61. The Balaban J connectivity index is 0. The number of allylic oxidation sites excluding steroid dienone is 7. The van der Waals surface area contributed by atoms with Crippen molar-refractivity contribution in [1.29, 1.82) is 0 Å². The average molecular weight is 342 g/mol. The summed E-state index contributed by atoms with van der Waals surface area (Å²) in [6.45, 7) is 2.04. The zero-order chi connectivity index (χ0) is 11.5. The number of hydrogen-bond acceptors (Lipinski definition) is 1. The van der Waals surface area contributed by atoms with E-state index in [-0.39, 0.29) is 24.8 Å². The van der Waals surface area contributed by atoms with E-state index in [2.05, 4.69) is 53.0 Å². The normalized spacial score (nSPS) is 16.6. The van der Waals surface area contributed by atoms with E-state index >= 15 is 0 Å². The topological polar surface area (TPSA) is 0 Å². The Kier molecular flexibility index (Phi) is 17.9. The summed E-state index contributed by atoms with van der Waals surface area (Å²) in [5, 5.41) is 0. The van der Waals surface area contributed by atoms with Crippen molar-refractivity contribution >= 4 is 11.8 Å². The van der Waals surface area contributed by atoms with Crippen LogP contribution >= 0.6 is 11.8 Å². The number of halogens is 2. The first-order valence-corrected chi connectivity index (χ1v) is 8.51. The van der Waals surface area contributed by atoms with Gasteiger partial charge in [-0.15, -0.1) is 0 Å². The van der Waals surface area contributed by atoms with Gasteiger partial charge < -0.3 is 24.8 Å². The molecule has 0 spiro atoms. The molecule has 1 heterocycles. The molecule has 1 aliphatic carbocycles. The third-order valence-electron chi connectivity index (χ3n) is 2.21. The minimum atomic E-state index is 0. The van der Waals surface area contributed by atoms with Gasteiger partial charge in [-0.3, -0.25) is 0 Å². The van der Waals surface area contributed by atoms with Crippen LogP contribution in [0.5, 0.6) is 0 Å². The molecule has 0 saturated carbocycles. The molecule has 0 aromatic carbocycles. The van der Waals surface area contributed by atoms with Gasteiger partial charge in [0.1, 0.15) is 0 Å². The zero-order valence-electron chi connectivity index (χ0n) is 10.7. The molecule has 2 rings (SSSR count). The molecule has 1 saturated heterocycles. The van der Waals surface area contributed by atoms with Crippen molar-refractivity contribution in [2.24, 2.45) is 0 Å². The first kappa shape index (κ1) is 20.8. The first-order chi connectivity index (χ1) is 7.93. The van der Waals surface area contributed by atoms with Crippen LogP contribution in [0.3, 0.4) is 0 Å². The Morgan fingerprint density at radius 1 is 1.17 bits per heavy atom. The molecular formula is C14H20Cl2SV. The number of hydrogen-bond donors (Lipinski definition) is 0. The molecule has 0 unspecified atom stereocenters. The molecule has 0 radical (unpaired) electrons. The molecule has 0 amide bonds. The van der Waals surface area contributed by atoms with Gasteiger partial charge in [0, 0.05) is 0 Å².